The molecule has 1 N–H and O–H groups in total. The summed E-state index contributed by atoms with van der Waals surface area (Å²) in [6.45, 7) is 3.88. The van der Waals surface area contributed by atoms with Crippen molar-refractivity contribution in [2.75, 3.05) is 0 Å². The van der Waals surface area contributed by atoms with Gasteiger partial charge in [-0.1, -0.05) is 31.5 Å². The van der Waals surface area contributed by atoms with E-state index in [1.807, 2.05) is 13.8 Å². The number of carbonyl (C=O) groups excluding carboxylic acids is 1. The van der Waals surface area contributed by atoms with E-state index >= 15 is 0 Å². The first kappa shape index (κ1) is 24.0. The van der Waals surface area contributed by atoms with Crippen LogP contribution in [0.4, 0.5) is 13.2 Å². The molecule has 2 aromatic carbocycles. The molecule has 0 radical (unpaired) electrons. The van der Waals surface area contributed by atoms with E-state index in [1.165, 1.54) is 17.4 Å². The van der Waals surface area contributed by atoms with Crippen molar-refractivity contribution in [1.29, 1.82) is 0 Å². The predicted octanol–water partition coefficient (Wildman–Crippen LogP) is 7.01. The molecule has 0 aliphatic rings. The van der Waals surface area contributed by atoms with Crippen molar-refractivity contribution in [3.05, 3.63) is 69.1 Å². The number of Topliss-reactive ketones (excluding diaryl/α,β-unsaturated/α-hetero) is 1. The lowest BCUT2D eigenvalue weighted by Gasteiger charge is -2.08. The van der Waals surface area contributed by atoms with Gasteiger partial charge in [-0.2, -0.15) is 13.2 Å². The molecule has 0 aliphatic heterocycles. The van der Waals surface area contributed by atoms with Gasteiger partial charge in [0.15, 0.2) is 5.78 Å². The van der Waals surface area contributed by atoms with Gasteiger partial charge in [-0.05, 0) is 66.5 Å². The van der Waals surface area contributed by atoms with E-state index in [1.54, 1.807) is 24.3 Å². The van der Waals surface area contributed by atoms with E-state index in [0.717, 1.165) is 45.9 Å². The molecule has 7 heteroatoms. The number of hydrogen-bond acceptors (Lipinski definition) is 3. The molecular formula is C25H25F3O3S. The van der Waals surface area contributed by atoms with Crippen LogP contribution in [0.2, 0.25) is 0 Å². The maximum atomic E-state index is 13.1. The number of thiophene rings is 1. The number of carbonyl (C=O) groups is 2. The SMILES string of the molecule is CCCc1c(CCC(=O)c2ccc(CCC(=O)O)c(C)c2)sc2cc(C(F)(F)F)ccc12. The van der Waals surface area contributed by atoms with Gasteiger partial charge >= 0.3 is 12.1 Å². The molecule has 3 rings (SSSR count). The first-order chi connectivity index (χ1) is 15.1. The number of aryl methyl sites for hydroxylation is 4. The molecule has 0 amide bonds. The van der Waals surface area contributed by atoms with Gasteiger partial charge in [0, 0.05) is 28.0 Å². The maximum Gasteiger partial charge on any atom is 0.416 e. The number of benzene rings is 2. The summed E-state index contributed by atoms with van der Waals surface area (Å²) in [7, 11) is 0. The summed E-state index contributed by atoms with van der Waals surface area (Å²) in [6.07, 6.45) is -1.56. The molecule has 0 atom stereocenters. The molecule has 0 aliphatic carbocycles. The fourth-order valence-corrected chi connectivity index (χ4v) is 5.16. The summed E-state index contributed by atoms with van der Waals surface area (Å²) in [5, 5.41) is 9.68. The Morgan fingerprint density at radius 1 is 1.00 bits per heavy atom. The summed E-state index contributed by atoms with van der Waals surface area (Å²) in [5.74, 6) is -0.896. The zero-order chi connectivity index (χ0) is 23.5. The Morgan fingerprint density at radius 2 is 1.75 bits per heavy atom. The van der Waals surface area contributed by atoms with Crippen LogP contribution >= 0.6 is 11.3 Å². The van der Waals surface area contributed by atoms with E-state index in [-0.39, 0.29) is 18.6 Å². The van der Waals surface area contributed by atoms with Crippen LogP contribution in [-0.2, 0) is 30.2 Å². The summed E-state index contributed by atoms with van der Waals surface area (Å²) in [5.41, 5.74) is 2.73. The second kappa shape index (κ2) is 9.86. The van der Waals surface area contributed by atoms with Crippen molar-refractivity contribution in [2.45, 2.75) is 58.5 Å². The lowest BCUT2D eigenvalue weighted by molar-refractivity contribution is -0.138. The van der Waals surface area contributed by atoms with Crippen molar-refractivity contribution >= 4 is 33.2 Å². The maximum absolute atomic E-state index is 13.1. The van der Waals surface area contributed by atoms with Gasteiger partial charge in [0.25, 0.3) is 0 Å². The quantitative estimate of drug-likeness (QED) is 0.348. The normalized spacial score (nSPS) is 11.8. The number of aliphatic carboxylic acids is 1. The van der Waals surface area contributed by atoms with E-state index < -0.39 is 17.7 Å². The molecule has 0 saturated carbocycles. The highest BCUT2D eigenvalue weighted by molar-refractivity contribution is 7.19. The highest BCUT2D eigenvalue weighted by Gasteiger charge is 2.31. The highest BCUT2D eigenvalue weighted by Crippen LogP contribution is 2.38. The molecular weight excluding hydrogens is 437 g/mol. The van der Waals surface area contributed by atoms with E-state index in [0.29, 0.717) is 23.1 Å². The van der Waals surface area contributed by atoms with Crippen LogP contribution in [0.3, 0.4) is 0 Å². The second-order valence-corrected chi connectivity index (χ2v) is 9.06. The number of ketones is 1. The Bertz CT molecular complexity index is 1150. The van der Waals surface area contributed by atoms with Crippen LogP contribution in [0, 0.1) is 6.92 Å². The van der Waals surface area contributed by atoms with Crippen molar-refractivity contribution in [3.8, 4) is 0 Å². The van der Waals surface area contributed by atoms with Gasteiger partial charge in [-0.15, -0.1) is 11.3 Å². The standard InChI is InChI=1S/C25H25F3O3S/c1-3-4-19-20-9-8-18(25(26,27)28)14-23(20)32-22(19)11-10-21(29)17-6-5-16(15(2)13-17)7-12-24(30)31/h5-6,8-9,13-14H,3-4,7,10-12H2,1-2H3,(H,30,31). The zero-order valence-electron chi connectivity index (χ0n) is 18.0. The largest absolute Gasteiger partial charge is 0.481 e. The van der Waals surface area contributed by atoms with Gasteiger partial charge in [-0.3, -0.25) is 9.59 Å². The average Bonchev–Trinajstić information content (AvgIpc) is 3.07. The minimum absolute atomic E-state index is 0.0335. The number of carboxylic acid groups (broad SMARTS) is 1. The van der Waals surface area contributed by atoms with Gasteiger partial charge in [0.1, 0.15) is 0 Å². The number of fused-ring (bicyclic) bond motifs is 1. The Labute approximate surface area is 188 Å². The zero-order valence-corrected chi connectivity index (χ0v) is 18.8. The summed E-state index contributed by atoms with van der Waals surface area (Å²) >= 11 is 1.34. The number of rotatable bonds is 9. The van der Waals surface area contributed by atoms with Crippen molar-refractivity contribution in [1.82, 2.24) is 0 Å². The summed E-state index contributed by atoms with van der Waals surface area (Å²) < 4.78 is 39.9. The van der Waals surface area contributed by atoms with E-state index in [4.69, 9.17) is 5.11 Å². The molecule has 3 nitrogen and oxygen atoms in total. The predicted molar refractivity (Wildman–Crippen MR) is 121 cm³/mol. The molecule has 0 fully saturated rings. The molecule has 170 valence electrons. The van der Waals surface area contributed by atoms with Crippen molar-refractivity contribution < 1.29 is 27.9 Å². The minimum Gasteiger partial charge on any atom is -0.481 e. The topological polar surface area (TPSA) is 54.4 Å². The van der Waals surface area contributed by atoms with Gasteiger partial charge in [0.05, 0.1) is 5.56 Å². The molecule has 0 spiro atoms. The molecule has 32 heavy (non-hydrogen) atoms. The van der Waals surface area contributed by atoms with Gasteiger partial charge in [-0.25, -0.2) is 0 Å². The molecule has 0 saturated heterocycles. The molecule has 0 bridgehead atoms. The van der Waals surface area contributed by atoms with Crippen LogP contribution in [0.25, 0.3) is 10.1 Å². The number of halogens is 3. The highest BCUT2D eigenvalue weighted by atomic mass is 32.1. The fraction of sp³-hybridized carbons (Fsp3) is 0.360. The van der Waals surface area contributed by atoms with Crippen LogP contribution in [0.1, 0.15) is 63.7 Å². The van der Waals surface area contributed by atoms with Crippen LogP contribution in [0.5, 0.6) is 0 Å². The fourth-order valence-electron chi connectivity index (χ4n) is 3.87. The Morgan fingerprint density at radius 3 is 2.38 bits per heavy atom. The molecule has 1 aromatic heterocycles. The third-order valence-corrected chi connectivity index (χ3v) is 6.81. The monoisotopic (exact) mass is 462 g/mol. The van der Waals surface area contributed by atoms with Crippen LogP contribution in [0.15, 0.2) is 36.4 Å². The number of alkyl halides is 3. The third kappa shape index (κ3) is 5.57. The molecule has 1 heterocycles. The van der Waals surface area contributed by atoms with Crippen LogP contribution < -0.4 is 0 Å². The van der Waals surface area contributed by atoms with Gasteiger partial charge in [0.2, 0.25) is 0 Å². The Balaban J connectivity index is 1.78. The third-order valence-electron chi connectivity index (χ3n) is 5.56. The minimum atomic E-state index is -4.38. The number of carboxylic acids is 1. The molecule has 0 unspecified atom stereocenters. The first-order valence-corrected chi connectivity index (χ1v) is 11.4. The van der Waals surface area contributed by atoms with E-state index in [9.17, 15) is 22.8 Å². The first-order valence-electron chi connectivity index (χ1n) is 10.6. The summed E-state index contributed by atoms with van der Waals surface area (Å²) in [6, 6.07) is 9.17. The Hall–Kier alpha value is -2.67. The average molecular weight is 463 g/mol. The lowest BCUT2D eigenvalue weighted by atomic mass is 9.97. The van der Waals surface area contributed by atoms with Gasteiger partial charge < -0.3 is 5.11 Å². The number of hydrogen-bond donors (Lipinski definition) is 1. The van der Waals surface area contributed by atoms with Crippen molar-refractivity contribution in [2.24, 2.45) is 0 Å². The van der Waals surface area contributed by atoms with E-state index in [2.05, 4.69) is 0 Å². The van der Waals surface area contributed by atoms with Crippen molar-refractivity contribution in [3.63, 3.8) is 0 Å². The lowest BCUT2D eigenvalue weighted by Crippen LogP contribution is -2.04. The summed E-state index contributed by atoms with van der Waals surface area (Å²) in [4.78, 5) is 24.5. The molecule has 3 aromatic rings. The van der Waals surface area contributed by atoms with Crippen LogP contribution in [-0.4, -0.2) is 16.9 Å². The Kier molecular flexibility index (Phi) is 7.39. The second-order valence-electron chi connectivity index (χ2n) is 7.92. The smallest absolute Gasteiger partial charge is 0.416 e.